The molecule has 3 nitrogen and oxygen atoms in total. The average molecular weight is 193 g/mol. The van der Waals surface area contributed by atoms with Gasteiger partial charge in [-0.2, -0.15) is 0 Å². The molecule has 14 heavy (non-hydrogen) atoms. The zero-order chi connectivity index (χ0) is 10.4. The summed E-state index contributed by atoms with van der Waals surface area (Å²) in [6.45, 7) is 0.0494. The molecule has 0 radical (unpaired) electrons. The van der Waals surface area contributed by atoms with Gasteiger partial charge >= 0.3 is 0 Å². The summed E-state index contributed by atoms with van der Waals surface area (Å²) in [6, 6.07) is 7.64. The van der Waals surface area contributed by atoms with Gasteiger partial charge in [-0.1, -0.05) is 24.3 Å². The molecular formula is C11H15NO2. The standard InChI is InChI=1S/C11H15NO2/c1-12-11(14)6-5-9-3-2-4-10(7-9)8-13/h2-4,7,13H,5-6,8H2,1H3,(H,12,14). The second kappa shape index (κ2) is 5.40. The van der Waals surface area contributed by atoms with Crippen molar-refractivity contribution in [2.75, 3.05) is 7.05 Å². The summed E-state index contributed by atoms with van der Waals surface area (Å²) in [6.07, 6.45) is 1.21. The zero-order valence-electron chi connectivity index (χ0n) is 8.29. The summed E-state index contributed by atoms with van der Waals surface area (Å²) in [5.41, 5.74) is 1.97. The molecule has 1 aromatic carbocycles. The van der Waals surface area contributed by atoms with Crippen molar-refractivity contribution in [1.29, 1.82) is 0 Å². The highest BCUT2D eigenvalue weighted by Crippen LogP contribution is 2.07. The Morgan fingerprint density at radius 1 is 1.43 bits per heavy atom. The Kier molecular flexibility index (Phi) is 4.13. The van der Waals surface area contributed by atoms with E-state index in [0.29, 0.717) is 12.8 Å². The van der Waals surface area contributed by atoms with Crippen molar-refractivity contribution in [3.63, 3.8) is 0 Å². The first kappa shape index (κ1) is 10.7. The van der Waals surface area contributed by atoms with Gasteiger partial charge in [-0.3, -0.25) is 4.79 Å². The van der Waals surface area contributed by atoms with E-state index in [4.69, 9.17) is 5.11 Å². The van der Waals surface area contributed by atoms with Crippen molar-refractivity contribution >= 4 is 5.91 Å². The van der Waals surface area contributed by atoms with Gasteiger partial charge in [-0.05, 0) is 17.5 Å². The fraction of sp³-hybridized carbons (Fsp3) is 0.364. The zero-order valence-corrected chi connectivity index (χ0v) is 8.29. The van der Waals surface area contributed by atoms with Crippen LogP contribution in [0.2, 0.25) is 0 Å². The number of benzene rings is 1. The number of aliphatic hydroxyl groups excluding tert-OH is 1. The van der Waals surface area contributed by atoms with Crippen molar-refractivity contribution in [2.45, 2.75) is 19.4 Å². The summed E-state index contributed by atoms with van der Waals surface area (Å²) < 4.78 is 0. The Balaban J connectivity index is 2.54. The van der Waals surface area contributed by atoms with Gasteiger partial charge in [-0.15, -0.1) is 0 Å². The number of carbonyl (C=O) groups is 1. The molecule has 0 atom stereocenters. The molecule has 0 heterocycles. The maximum atomic E-state index is 11.0. The summed E-state index contributed by atoms with van der Waals surface area (Å²) in [7, 11) is 1.63. The summed E-state index contributed by atoms with van der Waals surface area (Å²) in [5.74, 6) is 0.0411. The Morgan fingerprint density at radius 2 is 2.14 bits per heavy atom. The highest BCUT2D eigenvalue weighted by Gasteiger charge is 1.99. The predicted octanol–water partition coefficient (Wildman–Crippen LogP) is 0.858. The lowest BCUT2D eigenvalue weighted by Crippen LogP contribution is -2.17. The smallest absolute Gasteiger partial charge is 0.220 e. The monoisotopic (exact) mass is 193 g/mol. The molecule has 0 aromatic heterocycles. The van der Waals surface area contributed by atoms with Crippen LogP contribution in [-0.2, 0) is 17.8 Å². The Labute approximate surface area is 83.8 Å². The lowest BCUT2D eigenvalue weighted by molar-refractivity contribution is -0.120. The van der Waals surface area contributed by atoms with Crippen LogP contribution in [-0.4, -0.2) is 18.1 Å². The van der Waals surface area contributed by atoms with Gasteiger partial charge < -0.3 is 10.4 Å². The van der Waals surface area contributed by atoms with Crippen molar-refractivity contribution in [3.05, 3.63) is 35.4 Å². The van der Waals surface area contributed by atoms with E-state index in [0.717, 1.165) is 11.1 Å². The molecular weight excluding hydrogens is 178 g/mol. The third-order valence-electron chi connectivity index (χ3n) is 2.09. The van der Waals surface area contributed by atoms with Gasteiger partial charge in [0.25, 0.3) is 0 Å². The molecule has 1 rings (SSSR count). The lowest BCUT2D eigenvalue weighted by atomic mass is 10.1. The lowest BCUT2D eigenvalue weighted by Gasteiger charge is -2.02. The molecule has 0 fully saturated rings. The van der Waals surface area contributed by atoms with Gasteiger partial charge in [0.2, 0.25) is 5.91 Å². The molecule has 3 heteroatoms. The quantitative estimate of drug-likeness (QED) is 0.745. The third kappa shape index (κ3) is 3.18. The van der Waals surface area contributed by atoms with Crippen LogP contribution in [0.4, 0.5) is 0 Å². The van der Waals surface area contributed by atoms with E-state index in [2.05, 4.69) is 5.32 Å². The first-order valence-electron chi connectivity index (χ1n) is 4.65. The fourth-order valence-electron chi connectivity index (χ4n) is 1.27. The van der Waals surface area contributed by atoms with Crippen LogP contribution in [0, 0.1) is 0 Å². The minimum Gasteiger partial charge on any atom is -0.392 e. The molecule has 0 spiro atoms. The normalized spacial score (nSPS) is 9.86. The fourth-order valence-corrected chi connectivity index (χ4v) is 1.27. The Morgan fingerprint density at radius 3 is 2.79 bits per heavy atom. The molecule has 0 aliphatic rings. The van der Waals surface area contributed by atoms with Crippen LogP contribution < -0.4 is 5.32 Å². The molecule has 0 unspecified atom stereocenters. The number of nitrogens with one attached hydrogen (secondary N) is 1. The van der Waals surface area contributed by atoms with Gasteiger partial charge in [0.15, 0.2) is 0 Å². The van der Waals surface area contributed by atoms with Crippen LogP contribution in [0.5, 0.6) is 0 Å². The molecule has 2 N–H and O–H groups in total. The van der Waals surface area contributed by atoms with Crippen molar-refractivity contribution in [2.24, 2.45) is 0 Å². The largest absolute Gasteiger partial charge is 0.392 e. The highest BCUT2D eigenvalue weighted by atomic mass is 16.3. The minimum atomic E-state index is 0.0411. The van der Waals surface area contributed by atoms with Crippen molar-refractivity contribution < 1.29 is 9.90 Å². The maximum Gasteiger partial charge on any atom is 0.220 e. The molecule has 0 aliphatic heterocycles. The number of hydrogen-bond acceptors (Lipinski definition) is 2. The second-order valence-corrected chi connectivity index (χ2v) is 3.15. The van der Waals surface area contributed by atoms with Crippen LogP contribution >= 0.6 is 0 Å². The average Bonchev–Trinajstić information content (AvgIpc) is 2.26. The van der Waals surface area contributed by atoms with E-state index in [1.165, 1.54) is 0 Å². The number of aliphatic hydroxyl groups is 1. The summed E-state index contributed by atoms with van der Waals surface area (Å²) in [5, 5.41) is 11.5. The molecule has 76 valence electrons. The maximum absolute atomic E-state index is 11.0. The van der Waals surface area contributed by atoms with Gasteiger partial charge in [0.05, 0.1) is 6.61 Å². The van der Waals surface area contributed by atoms with Gasteiger partial charge in [0, 0.05) is 13.5 Å². The minimum absolute atomic E-state index is 0.0411. The van der Waals surface area contributed by atoms with Crippen molar-refractivity contribution in [3.8, 4) is 0 Å². The number of hydrogen-bond donors (Lipinski definition) is 2. The molecule has 1 amide bonds. The van der Waals surface area contributed by atoms with E-state index in [9.17, 15) is 4.79 Å². The number of carbonyl (C=O) groups excluding carboxylic acids is 1. The molecule has 0 saturated heterocycles. The highest BCUT2D eigenvalue weighted by molar-refractivity contribution is 5.75. The third-order valence-corrected chi connectivity index (χ3v) is 2.09. The molecule has 0 bridgehead atoms. The Hall–Kier alpha value is -1.35. The summed E-state index contributed by atoms with van der Waals surface area (Å²) >= 11 is 0. The van der Waals surface area contributed by atoms with Gasteiger partial charge in [0.1, 0.15) is 0 Å². The van der Waals surface area contributed by atoms with E-state index < -0.39 is 0 Å². The SMILES string of the molecule is CNC(=O)CCc1cccc(CO)c1. The van der Waals surface area contributed by atoms with E-state index in [1.807, 2.05) is 24.3 Å². The number of aryl methyl sites for hydroxylation is 1. The topological polar surface area (TPSA) is 49.3 Å². The first-order valence-corrected chi connectivity index (χ1v) is 4.65. The number of rotatable bonds is 4. The predicted molar refractivity (Wildman–Crippen MR) is 54.8 cm³/mol. The molecule has 1 aromatic rings. The Bertz CT molecular complexity index is 310. The van der Waals surface area contributed by atoms with Crippen molar-refractivity contribution in [1.82, 2.24) is 5.32 Å². The molecule has 0 aliphatic carbocycles. The first-order chi connectivity index (χ1) is 6.76. The van der Waals surface area contributed by atoms with Crippen LogP contribution in [0.25, 0.3) is 0 Å². The van der Waals surface area contributed by atoms with Crippen LogP contribution in [0.15, 0.2) is 24.3 Å². The van der Waals surface area contributed by atoms with E-state index in [-0.39, 0.29) is 12.5 Å². The van der Waals surface area contributed by atoms with Crippen LogP contribution in [0.1, 0.15) is 17.5 Å². The molecule has 0 saturated carbocycles. The number of amides is 1. The van der Waals surface area contributed by atoms with E-state index in [1.54, 1.807) is 7.05 Å². The summed E-state index contributed by atoms with van der Waals surface area (Å²) in [4.78, 5) is 11.0. The van der Waals surface area contributed by atoms with Gasteiger partial charge in [-0.25, -0.2) is 0 Å². The van der Waals surface area contributed by atoms with E-state index >= 15 is 0 Å². The second-order valence-electron chi connectivity index (χ2n) is 3.15. The van der Waals surface area contributed by atoms with Crippen LogP contribution in [0.3, 0.4) is 0 Å².